The first-order valence-electron chi connectivity index (χ1n) is 9.12. The van der Waals surface area contributed by atoms with Crippen LogP contribution < -0.4 is 9.80 Å². The van der Waals surface area contributed by atoms with Crippen molar-refractivity contribution in [2.45, 2.75) is 26.2 Å². The van der Waals surface area contributed by atoms with Crippen LogP contribution in [-0.2, 0) is 5.41 Å². The summed E-state index contributed by atoms with van der Waals surface area (Å²) in [6, 6.07) is 6.47. The van der Waals surface area contributed by atoms with Gasteiger partial charge in [0.25, 0.3) is 0 Å². The molecule has 2 aromatic heterocycles. The van der Waals surface area contributed by atoms with Gasteiger partial charge >= 0.3 is 0 Å². The van der Waals surface area contributed by atoms with E-state index in [0.717, 1.165) is 48.8 Å². The summed E-state index contributed by atoms with van der Waals surface area (Å²) in [5.41, 5.74) is 4.37. The van der Waals surface area contributed by atoms with Crippen LogP contribution in [0.25, 0.3) is 11.0 Å². The van der Waals surface area contributed by atoms with Crippen LogP contribution in [0.3, 0.4) is 0 Å². The Kier molecular flexibility index (Phi) is 4.68. The van der Waals surface area contributed by atoms with Gasteiger partial charge in [-0.1, -0.05) is 50.0 Å². The van der Waals surface area contributed by atoms with Crippen molar-refractivity contribution >= 4 is 45.9 Å². The molecule has 5 nitrogen and oxygen atoms in total. The highest BCUT2D eigenvalue weighted by Gasteiger charge is 2.23. The Hall–Kier alpha value is -1.98. The maximum absolute atomic E-state index is 6.30. The van der Waals surface area contributed by atoms with Crippen molar-refractivity contribution in [2.24, 2.45) is 0 Å². The minimum absolute atomic E-state index is 0.119. The second-order valence-corrected chi connectivity index (χ2v) is 8.78. The van der Waals surface area contributed by atoms with E-state index in [4.69, 9.17) is 28.2 Å². The molecule has 0 radical (unpaired) electrons. The molecule has 7 heteroatoms. The lowest BCUT2D eigenvalue weighted by molar-refractivity contribution is 0.591. The third-order valence-electron chi connectivity index (χ3n) is 5.06. The molecule has 4 rings (SSSR count). The van der Waals surface area contributed by atoms with Gasteiger partial charge in [-0.25, -0.2) is 4.98 Å². The van der Waals surface area contributed by atoms with Gasteiger partial charge in [-0.15, -0.1) is 0 Å². The predicted octanol–water partition coefficient (Wildman–Crippen LogP) is 4.89. The number of anilines is 2. The number of fused-ring (bicyclic) bond motifs is 1. The van der Waals surface area contributed by atoms with Crippen molar-refractivity contribution < 1.29 is 0 Å². The molecule has 27 heavy (non-hydrogen) atoms. The number of H-pyrrole nitrogens is 1. The fraction of sp³-hybridized carbons (Fsp3) is 0.400. The first kappa shape index (κ1) is 18.4. The summed E-state index contributed by atoms with van der Waals surface area (Å²) in [6.07, 6.45) is 3.28. The topological polar surface area (TPSA) is 48.1 Å². The number of hydrogen-bond acceptors (Lipinski definition) is 4. The summed E-state index contributed by atoms with van der Waals surface area (Å²) in [7, 11) is 0. The molecule has 142 valence electrons. The third kappa shape index (κ3) is 3.58. The van der Waals surface area contributed by atoms with E-state index in [1.54, 1.807) is 12.4 Å². The highest BCUT2D eigenvalue weighted by molar-refractivity contribution is 6.38. The van der Waals surface area contributed by atoms with E-state index in [9.17, 15) is 0 Å². The molecule has 1 aromatic carbocycles. The van der Waals surface area contributed by atoms with Gasteiger partial charge < -0.3 is 14.8 Å². The van der Waals surface area contributed by atoms with Gasteiger partial charge in [0, 0.05) is 38.6 Å². The number of hydrogen-bond donors (Lipinski definition) is 1. The van der Waals surface area contributed by atoms with E-state index >= 15 is 0 Å². The number of halogens is 2. The molecule has 0 saturated carbocycles. The van der Waals surface area contributed by atoms with Gasteiger partial charge in [-0.3, -0.25) is 4.98 Å². The average Bonchev–Trinajstić information content (AvgIpc) is 3.04. The van der Waals surface area contributed by atoms with Crippen molar-refractivity contribution in [3.8, 4) is 0 Å². The minimum Gasteiger partial charge on any atom is -0.365 e. The first-order valence-corrected chi connectivity index (χ1v) is 9.88. The Morgan fingerprint density at radius 1 is 0.963 bits per heavy atom. The number of benzene rings is 1. The molecule has 0 aliphatic carbocycles. The summed E-state index contributed by atoms with van der Waals surface area (Å²) in [4.78, 5) is 16.8. The Balaban J connectivity index is 1.53. The number of aromatic amines is 1. The van der Waals surface area contributed by atoms with Gasteiger partial charge in [0.1, 0.15) is 0 Å². The summed E-state index contributed by atoms with van der Waals surface area (Å²) in [5.74, 6) is 0.919. The van der Waals surface area contributed by atoms with Crippen molar-refractivity contribution in [2.75, 3.05) is 36.0 Å². The Bertz CT molecular complexity index is 948. The fourth-order valence-electron chi connectivity index (χ4n) is 3.46. The lowest BCUT2D eigenvalue weighted by atomic mass is 9.87. The molecule has 1 aliphatic rings. The number of pyridine rings is 1. The van der Waals surface area contributed by atoms with Crippen LogP contribution in [0, 0.1) is 0 Å². The normalized spacial score (nSPS) is 15.6. The summed E-state index contributed by atoms with van der Waals surface area (Å²) in [6.45, 7) is 10.0. The minimum atomic E-state index is 0.119. The zero-order chi connectivity index (χ0) is 19.2. The SMILES string of the molecule is CC(C)(C)c1ccc2nc(N3CCN(c4c(Cl)cncc4Cl)CC3)[nH]c2c1. The summed E-state index contributed by atoms with van der Waals surface area (Å²) in [5, 5.41) is 1.18. The number of piperazine rings is 1. The van der Waals surface area contributed by atoms with E-state index in [1.165, 1.54) is 5.56 Å². The number of imidazole rings is 1. The highest BCUT2D eigenvalue weighted by atomic mass is 35.5. The van der Waals surface area contributed by atoms with Gasteiger partial charge in [-0.05, 0) is 23.1 Å². The van der Waals surface area contributed by atoms with Crippen molar-refractivity contribution in [1.29, 1.82) is 0 Å². The van der Waals surface area contributed by atoms with Crippen LogP contribution >= 0.6 is 23.2 Å². The summed E-state index contributed by atoms with van der Waals surface area (Å²) >= 11 is 12.6. The lowest BCUT2D eigenvalue weighted by Gasteiger charge is -2.36. The molecule has 0 spiro atoms. The molecule has 0 atom stereocenters. The third-order valence-corrected chi connectivity index (χ3v) is 5.61. The van der Waals surface area contributed by atoms with Crippen molar-refractivity contribution in [3.05, 3.63) is 46.2 Å². The van der Waals surface area contributed by atoms with Crippen molar-refractivity contribution in [3.63, 3.8) is 0 Å². The Labute approximate surface area is 169 Å². The molecule has 1 saturated heterocycles. The summed E-state index contributed by atoms with van der Waals surface area (Å²) < 4.78 is 0. The van der Waals surface area contributed by atoms with E-state index in [2.05, 4.69) is 58.7 Å². The Morgan fingerprint density at radius 3 is 2.22 bits per heavy atom. The van der Waals surface area contributed by atoms with Gasteiger partial charge in [0.15, 0.2) is 0 Å². The zero-order valence-corrected chi connectivity index (χ0v) is 17.3. The van der Waals surface area contributed by atoms with E-state index in [0.29, 0.717) is 10.0 Å². The second kappa shape index (κ2) is 6.88. The van der Waals surface area contributed by atoms with Crippen molar-refractivity contribution in [1.82, 2.24) is 15.0 Å². The molecule has 0 unspecified atom stereocenters. The van der Waals surface area contributed by atoms with Crippen LogP contribution in [0.2, 0.25) is 10.0 Å². The van der Waals surface area contributed by atoms with Gasteiger partial charge in [0.2, 0.25) is 5.95 Å². The molecule has 0 bridgehead atoms. The maximum Gasteiger partial charge on any atom is 0.203 e. The van der Waals surface area contributed by atoms with Gasteiger partial charge in [0.05, 0.1) is 26.8 Å². The van der Waals surface area contributed by atoms with Gasteiger partial charge in [-0.2, -0.15) is 0 Å². The molecule has 0 amide bonds. The van der Waals surface area contributed by atoms with Crippen LogP contribution in [0.15, 0.2) is 30.6 Å². The van der Waals surface area contributed by atoms with Crippen LogP contribution in [0.4, 0.5) is 11.6 Å². The maximum atomic E-state index is 6.30. The number of nitrogens with zero attached hydrogens (tertiary/aromatic N) is 4. The quantitative estimate of drug-likeness (QED) is 0.661. The molecular formula is C20H23Cl2N5. The largest absolute Gasteiger partial charge is 0.365 e. The average molecular weight is 404 g/mol. The number of nitrogens with one attached hydrogen (secondary N) is 1. The van der Waals surface area contributed by atoms with E-state index in [1.807, 2.05) is 0 Å². The fourth-order valence-corrected chi connectivity index (χ4v) is 4.06. The number of rotatable bonds is 2. The molecular weight excluding hydrogens is 381 g/mol. The molecule has 1 fully saturated rings. The lowest BCUT2D eigenvalue weighted by Crippen LogP contribution is -2.47. The zero-order valence-electron chi connectivity index (χ0n) is 15.8. The predicted molar refractivity (Wildman–Crippen MR) is 113 cm³/mol. The van der Waals surface area contributed by atoms with E-state index in [-0.39, 0.29) is 5.41 Å². The number of aromatic nitrogens is 3. The first-order chi connectivity index (χ1) is 12.8. The van der Waals surface area contributed by atoms with E-state index < -0.39 is 0 Å². The Morgan fingerprint density at radius 2 is 1.59 bits per heavy atom. The van der Waals surface area contributed by atoms with Crippen LogP contribution in [0.1, 0.15) is 26.3 Å². The molecule has 3 heterocycles. The van der Waals surface area contributed by atoms with Crippen LogP contribution in [-0.4, -0.2) is 41.1 Å². The molecule has 1 N–H and O–H groups in total. The smallest absolute Gasteiger partial charge is 0.203 e. The molecule has 3 aromatic rings. The highest BCUT2D eigenvalue weighted by Crippen LogP contribution is 2.33. The molecule has 1 aliphatic heterocycles. The second-order valence-electron chi connectivity index (χ2n) is 7.97. The monoisotopic (exact) mass is 403 g/mol. The standard InChI is InChI=1S/C20H23Cl2N5/c1-20(2,3)13-4-5-16-17(10-13)25-19(24-16)27-8-6-26(7-9-27)18-14(21)11-23-12-15(18)22/h4-5,10-12H,6-9H2,1-3H3,(H,24,25). The van der Waals surface area contributed by atoms with Crippen LogP contribution in [0.5, 0.6) is 0 Å².